The van der Waals surface area contributed by atoms with Gasteiger partial charge >= 0.3 is 16.5 Å². The average molecular weight is 265 g/mol. The maximum absolute atomic E-state index is 2.12. The standard InChI is InChI=1S/C11H9.C5H5.Ni/c1-2-6-10(7-3-1)11-8-4-5-9-11;1-2-4-5-3-1;/h1-9H;1-5H;/q2*-1;+2. The van der Waals surface area contributed by atoms with Gasteiger partial charge in [0.1, 0.15) is 0 Å². The minimum Gasteiger partial charge on any atom is -0.214 e. The zero-order valence-corrected chi connectivity index (χ0v) is 10.4. The molecular formula is C16H14Ni. The van der Waals surface area contributed by atoms with Crippen LogP contribution >= 0.6 is 0 Å². The van der Waals surface area contributed by atoms with Gasteiger partial charge in [-0.3, -0.25) is 0 Å². The average Bonchev–Trinajstić information content (AvgIpc) is 3.07. The van der Waals surface area contributed by atoms with Crippen LogP contribution in [0.1, 0.15) is 0 Å². The van der Waals surface area contributed by atoms with E-state index in [2.05, 4.69) is 48.5 Å². The Bertz CT molecular complexity index is 446. The second-order valence-electron chi connectivity index (χ2n) is 3.50. The first-order chi connectivity index (χ1) is 7.97. The van der Waals surface area contributed by atoms with Gasteiger partial charge in [0.05, 0.1) is 0 Å². The number of rotatable bonds is 1. The molecule has 1 heteroatoms. The Balaban J connectivity index is 0.000000205. The molecule has 3 aromatic carbocycles. The largest absolute Gasteiger partial charge is 2.00 e. The molecule has 0 aliphatic heterocycles. The van der Waals surface area contributed by atoms with Gasteiger partial charge in [-0.15, -0.1) is 11.6 Å². The molecule has 0 unspecified atom stereocenters. The molecule has 0 nitrogen and oxygen atoms in total. The van der Waals surface area contributed by atoms with Crippen molar-refractivity contribution in [2.45, 2.75) is 0 Å². The van der Waals surface area contributed by atoms with Crippen molar-refractivity contribution in [1.29, 1.82) is 0 Å². The molecule has 0 saturated heterocycles. The Morgan fingerprint density at radius 3 is 1.82 bits per heavy atom. The maximum atomic E-state index is 2.12. The first-order valence-electron chi connectivity index (χ1n) is 5.40. The molecule has 0 heterocycles. The minimum atomic E-state index is 0. The second-order valence-corrected chi connectivity index (χ2v) is 3.50. The summed E-state index contributed by atoms with van der Waals surface area (Å²) in [5, 5.41) is 0. The summed E-state index contributed by atoms with van der Waals surface area (Å²) in [5.41, 5.74) is 2.59. The third-order valence-electron chi connectivity index (χ3n) is 2.33. The normalized spacial score (nSPS) is 8.71. The van der Waals surface area contributed by atoms with E-state index in [0.29, 0.717) is 0 Å². The molecular weight excluding hydrogens is 251 g/mol. The van der Waals surface area contributed by atoms with E-state index in [-0.39, 0.29) is 16.5 Å². The Hall–Kier alpha value is -1.59. The van der Waals surface area contributed by atoms with E-state index in [4.69, 9.17) is 0 Å². The molecule has 0 bridgehead atoms. The SMILES string of the molecule is [Ni+2].c1cc[cH-]c1.c1ccc(-c2ccc[cH-]2)cc1. The molecule has 3 rings (SSSR count). The van der Waals surface area contributed by atoms with Gasteiger partial charge in [-0.2, -0.15) is 42.0 Å². The number of hydrogen-bond donors (Lipinski definition) is 0. The van der Waals surface area contributed by atoms with Crippen molar-refractivity contribution in [2.75, 3.05) is 0 Å². The maximum Gasteiger partial charge on any atom is 2.00 e. The van der Waals surface area contributed by atoms with Crippen LogP contribution in [0.25, 0.3) is 11.1 Å². The van der Waals surface area contributed by atoms with Gasteiger partial charge in [0.15, 0.2) is 0 Å². The van der Waals surface area contributed by atoms with E-state index in [9.17, 15) is 0 Å². The molecule has 0 aliphatic rings. The Morgan fingerprint density at radius 2 is 1.35 bits per heavy atom. The molecule has 0 atom stereocenters. The zero-order valence-electron chi connectivity index (χ0n) is 9.40. The van der Waals surface area contributed by atoms with Crippen LogP contribution in [-0.4, -0.2) is 0 Å². The molecule has 0 amide bonds. The van der Waals surface area contributed by atoms with E-state index in [1.54, 1.807) is 0 Å². The van der Waals surface area contributed by atoms with Crippen molar-refractivity contribution in [1.82, 2.24) is 0 Å². The molecule has 0 aromatic heterocycles. The van der Waals surface area contributed by atoms with Crippen molar-refractivity contribution in [3.63, 3.8) is 0 Å². The molecule has 0 radical (unpaired) electrons. The van der Waals surface area contributed by atoms with E-state index in [0.717, 1.165) is 0 Å². The van der Waals surface area contributed by atoms with Crippen molar-refractivity contribution in [2.24, 2.45) is 0 Å². The van der Waals surface area contributed by atoms with Crippen LogP contribution in [0.15, 0.2) is 84.9 Å². The van der Waals surface area contributed by atoms with E-state index < -0.39 is 0 Å². The number of hydrogen-bond acceptors (Lipinski definition) is 0. The summed E-state index contributed by atoms with van der Waals surface area (Å²) in [6.07, 6.45) is 0. The predicted octanol–water partition coefficient (Wildman–Crippen LogP) is 4.48. The Kier molecular flexibility index (Phi) is 6.06. The third-order valence-corrected chi connectivity index (χ3v) is 2.33. The van der Waals surface area contributed by atoms with Crippen LogP contribution in [0.2, 0.25) is 0 Å². The topological polar surface area (TPSA) is 0 Å². The Morgan fingerprint density at radius 1 is 0.647 bits per heavy atom. The van der Waals surface area contributed by atoms with E-state index in [1.807, 2.05) is 36.4 Å². The second kappa shape index (κ2) is 7.65. The molecule has 3 aromatic rings. The van der Waals surface area contributed by atoms with Gasteiger partial charge in [0.2, 0.25) is 0 Å². The van der Waals surface area contributed by atoms with Crippen LogP contribution in [0.4, 0.5) is 0 Å². The first-order valence-corrected chi connectivity index (χ1v) is 5.40. The van der Waals surface area contributed by atoms with Crippen LogP contribution in [0, 0.1) is 0 Å². The molecule has 88 valence electrons. The van der Waals surface area contributed by atoms with Gasteiger partial charge in [0.25, 0.3) is 0 Å². The summed E-state index contributed by atoms with van der Waals surface area (Å²) in [6.45, 7) is 0. The van der Waals surface area contributed by atoms with Crippen molar-refractivity contribution in [3.05, 3.63) is 84.9 Å². The summed E-state index contributed by atoms with van der Waals surface area (Å²) < 4.78 is 0. The van der Waals surface area contributed by atoms with Gasteiger partial charge < -0.3 is 0 Å². The van der Waals surface area contributed by atoms with Gasteiger partial charge in [-0.25, -0.2) is 12.1 Å². The summed E-state index contributed by atoms with van der Waals surface area (Å²) in [4.78, 5) is 0. The van der Waals surface area contributed by atoms with Gasteiger partial charge in [-0.05, 0) is 0 Å². The quantitative estimate of drug-likeness (QED) is 0.449. The molecule has 0 aliphatic carbocycles. The monoisotopic (exact) mass is 264 g/mol. The van der Waals surface area contributed by atoms with Crippen LogP contribution < -0.4 is 0 Å². The fourth-order valence-electron chi connectivity index (χ4n) is 1.52. The van der Waals surface area contributed by atoms with Crippen LogP contribution in [0.5, 0.6) is 0 Å². The Labute approximate surface area is 113 Å². The van der Waals surface area contributed by atoms with Gasteiger partial charge in [-0.1, -0.05) is 30.3 Å². The number of benzene rings is 1. The summed E-state index contributed by atoms with van der Waals surface area (Å²) in [5.74, 6) is 0. The molecule has 0 spiro atoms. The molecule has 0 fully saturated rings. The minimum absolute atomic E-state index is 0. The summed E-state index contributed by atoms with van der Waals surface area (Å²) in [7, 11) is 0. The van der Waals surface area contributed by atoms with Crippen molar-refractivity contribution < 1.29 is 16.5 Å². The third kappa shape index (κ3) is 4.42. The molecule has 0 saturated carbocycles. The van der Waals surface area contributed by atoms with Crippen LogP contribution in [-0.2, 0) is 16.5 Å². The van der Waals surface area contributed by atoms with Crippen molar-refractivity contribution >= 4 is 0 Å². The zero-order chi connectivity index (χ0) is 11.1. The predicted molar refractivity (Wildman–Crippen MR) is 69.5 cm³/mol. The molecule has 17 heavy (non-hydrogen) atoms. The smallest absolute Gasteiger partial charge is 0.214 e. The van der Waals surface area contributed by atoms with Gasteiger partial charge in [0, 0.05) is 0 Å². The summed E-state index contributed by atoms with van der Waals surface area (Å²) in [6, 6.07) is 28.7. The van der Waals surface area contributed by atoms with E-state index in [1.165, 1.54) is 11.1 Å². The van der Waals surface area contributed by atoms with Crippen LogP contribution in [0.3, 0.4) is 0 Å². The van der Waals surface area contributed by atoms with Crippen molar-refractivity contribution in [3.8, 4) is 11.1 Å². The summed E-state index contributed by atoms with van der Waals surface area (Å²) >= 11 is 0. The van der Waals surface area contributed by atoms with E-state index >= 15 is 0 Å². The fraction of sp³-hybridized carbons (Fsp3) is 0. The first kappa shape index (κ1) is 13.5. The molecule has 0 N–H and O–H groups in total. The fourth-order valence-corrected chi connectivity index (χ4v) is 1.52.